The summed E-state index contributed by atoms with van der Waals surface area (Å²) in [6.07, 6.45) is 4.57. The molecular formula is C16H22N2O2. The summed E-state index contributed by atoms with van der Waals surface area (Å²) in [7, 11) is 0. The summed E-state index contributed by atoms with van der Waals surface area (Å²) < 4.78 is 11.6. The van der Waals surface area contributed by atoms with Crippen LogP contribution in [0.3, 0.4) is 0 Å². The van der Waals surface area contributed by atoms with E-state index in [1.807, 2.05) is 0 Å². The smallest absolute Gasteiger partial charge is 0.127 e. The van der Waals surface area contributed by atoms with E-state index in [0.29, 0.717) is 6.04 Å². The number of ether oxygens (including phenoxy) is 2. The van der Waals surface area contributed by atoms with Gasteiger partial charge in [0, 0.05) is 48.7 Å². The zero-order chi connectivity index (χ0) is 13.4. The Morgan fingerprint density at radius 1 is 1.25 bits per heavy atom. The molecule has 2 N–H and O–H groups in total. The van der Waals surface area contributed by atoms with Crippen LogP contribution < -0.4 is 20.1 Å². The van der Waals surface area contributed by atoms with Gasteiger partial charge in [-0.2, -0.15) is 0 Å². The zero-order valence-corrected chi connectivity index (χ0v) is 11.8. The first-order valence-electron chi connectivity index (χ1n) is 7.79. The van der Waals surface area contributed by atoms with Crippen LogP contribution in [0.15, 0.2) is 6.07 Å². The van der Waals surface area contributed by atoms with Crippen molar-refractivity contribution in [2.45, 2.75) is 38.3 Å². The number of piperidine rings is 1. The fourth-order valence-corrected chi connectivity index (χ4v) is 3.54. The van der Waals surface area contributed by atoms with Crippen molar-refractivity contribution in [2.75, 3.05) is 26.3 Å². The van der Waals surface area contributed by atoms with Crippen LogP contribution in [0.25, 0.3) is 0 Å². The Hall–Kier alpha value is -1.26. The number of rotatable bonds is 3. The lowest BCUT2D eigenvalue weighted by Gasteiger charge is -2.24. The Morgan fingerprint density at radius 2 is 2.20 bits per heavy atom. The lowest BCUT2D eigenvalue weighted by molar-refractivity contribution is 0.347. The molecule has 4 nitrogen and oxygen atoms in total. The van der Waals surface area contributed by atoms with Crippen LogP contribution >= 0.6 is 0 Å². The van der Waals surface area contributed by atoms with Gasteiger partial charge in [0.05, 0.1) is 13.2 Å². The first-order valence-corrected chi connectivity index (χ1v) is 7.79. The van der Waals surface area contributed by atoms with Crippen molar-refractivity contribution < 1.29 is 9.47 Å². The lowest BCUT2D eigenvalue weighted by Crippen LogP contribution is -2.42. The van der Waals surface area contributed by atoms with Crippen molar-refractivity contribution in [3.63, 3.8) is 0 Å². The molecule has 1 fully saturated rings. The maximum Gasteiger partial charge on any atom is 0.127 e. The molecule has 20 heavy (non-hydrogen) atoms. The third-order valence-corrected chi connectivity index (χ3v) is 4.62. The summed E-state index contributed by atoms with van der Waals surface area (Å²) in [5, 5.41) is 7.16. The molecular weight excluding hydrogens is 252 g/mol. The van der Waals surface area contributed by atoms with Gasteiger partial charge in [-0.25, -0.2) is 0 Å². The summed E-state index contributed by atoms with van der Waals surface area (Å²) in [5.41, 5.74) is 4.03. The van der Waals surface area contributed by atoms with Gasteiger partial charge in [-0.1, -0.05) is 0 Å². The van der Waals surface area contributed by atoms with E-state index in [9.17, 15) is 0 Å². The molecule has 3 aliphatic rings. The van der Waals surface area contributed by atoms with Gasteiger partial charge < -0.3 is 20.1 Å². The number of fused-ring (bicyclic) bond motifs is 2. The van der Waals surface area contributed by atoms with Crippen molar-refractivity contribution in [2.24, 2.45) is 0 Å². The van der Waals surface area contributed by atoms with E-state index in [2.05, 4.69) is 16.7 Å². The number of hydrogen-bond donors (Lipinski definition) is 2. The molecule has 0 aliphatic carbocycles. The van der Waals surface area contributed by atoms with Crippen molar-refractivity contribution in [1.29, 1.82) is 0 Å². The quantitative estimate of drug-likeness (QED) is 0.874. The monoisotopic (exact) mass is 274 g/mol. The molecule has 0 amide bonds. The minimum atomic E-state index is 0.582. The van der Waals surface area contributed by atoms with Gasteiger partial charge in [-0.05, 0) is 25.5 Å². The molecule has 4 rings (SSSR count). The van der Waals surface area contributed by atoms with Gasteiger partial charge in [0.15, 0.2) is 0 Å². The number of hydrogen-bond acceptors (Lipinski definition) is 4. The van der Waals surface area contributed by atoms with Crippen LogP contribution in [-0.4, -0.2) is 32.3 Å². The lowest BCUT2D eigenvalue weighted by atomic mass is 9.99. The Balaban J connectivity index is 1.57. The average molecular weight is 274 g/mol. The maximum atomic E-state index is 5.88. The van der Waals surface area contributed by atoms with Crippen molar-refractivity contribution >= 4 is 0 Å². The van der Waals surface area contributed by atoms with E-state index in [4.69, 9.17) is 9.47 Å². The second-order valence-corrected chi connectivity index (χ2v) is 5.94. The minimum absolute atomic E-state index is 0.582. The first-order chi connectivity index (χ1) is 9.92. The topological polar surface area (TPSA) is 42.5 Å². The highest BCUT2D eigenvalue weighted by Gasteiger charge is 2.26. The molecule has 0 unspecified atom stereocenters. The molecule has 1 aromatic carbocycles. The van der Waals surface area contributed by atoms with E-state index in [1.165, 1.54) is 29.5 Å². The van der Waals surface area contributed by atoms with E-state index in [0.717, 1.165) is 57.2 Å². The molecule has 1 aromatic rings. The average Bonchev–Trinajstić information content (AvgIpc) is 3.12. The Bertz CT molecular complexity index is 477. The van der Waals surface area contributed by atoms with Crippen LogP contribution in [0.4, 0.5) is 0 Å². The van der Waals surface area contributed by atoms with Crippen LogP contribution in [0.2, 0.25) is 0 Å². The molecule has 0 saturated carbocycles. The van der Waals surface area contributed by atoms with Crippen molar-refractivity contribution in [1.82, 2.24) is 10.6 Å². The SMILES string of the molecule is c1c2c(c(CN[C@H]3CCCNC3)c3c1OCC3)OCC2. The van der Waals surface area contributed by atoms with E-state index < -0.39 is 0 Å². The Morgan fingerprint density at radius 3 is 3.10 bits per heavy atom. The number of benzene rings is 1. The van der Waals surface area contributed by atoms with Gasteiger partial charge in [0.2, 0.25) is 0 Å². The number of nitrogens with one attached hydrogen (secondary N) is 2. The highest BCUT2D eigenvalue weighted by atomic mass is 16.5. The molecule has 1 atom stereocenters. The van der Waals surface area contributed by atoms with Crippen LogP contribution in [0.5, 0.6) is 11.5 Å². The summed E-state index contributed by atoms with van der Waals surface area (Å²) in [6, 6.07) is 2.77. The van der Waals surface area contributed by atoms with Crippen LogP contribution in [0, 0.1) is 0 Å². The minimum Gasteiger partial charge on any atom is -0.493 e. The molecule has 0 bridgehead atoms. The van der Waals surface area contributed by atoms with E-state index in [1.54, 1.807) is 0 Å². The molecule has 0 spiro atoms. The van der Waals surface area contributed by atoms with E-state index >= 15 is 0 Å². The first kappa shape index (κ1) is 12.5. The van der Waals surface area contributed by atoms with Crippen LogP contribution in [0.1, 0.15) is 29.5 Å². The summed E-state index contributed by atoms with van der Waals surface area (Å²) >= 11 is 0. The third-order valence-electron chi connectivity index (χ3n) is 4.62. The predicted molar refractivity (Wildman–Crippen MR) is 77.6 cm³/mol. The zero-order valence-electron chi connectivity index (χ0n) is 11.8. The van der Waals surface area contributed by atoms with Gasteiger partial charge in [0.1, 0.15) is 11.5 Å². The highest BCUT2D eigenvalue weighted by Crippen LogP contribution is 2.40. The second kappa shape index (κ2) is 5.26. The summed E-state index contributed by atoms with van der Waals surface area (Å²) in [6.45, 7) is 4.77. The fraction of sp³-hybridized carbons (Fsp3) is 0.625. The van der Waals surface area contributed by atoms with Gasteiger partial charge >= 0.3 is 0 Å². The highest BCUT2D eigenvalue weighted by molar-refractivity contribution is 5.56. The molecule has 0 radical (unpaired) electrons. The van der Waals surface area contributed by atoms with Crippen molar-refractivity contribution in [3.8, 4) is 11.5 Å². The molecule has 3 aliphatic heterocycles. The normalized spacial score (nSPS) is 23.9. The van der Waals surface area contributed by atoms with Crippen molar-refractivity contribution in [3.05, 3.63) is 22.8 Å². The molecule has 3 heterocycles. The van der Waals surface area contributed by atoms with Gasteiger partial charge in [-0.15, -0.1) is 0 Å². The van der Waals surface area contributed by atoms with Gasteiger partial charge in [0.25, 0.3) is 0 Å². The van der Waals surface area contributed by atoms with Crippen LogP contribution in [-0.2, 0) is 19.4 Å². The largest absolute Gasteiger partial charge is 0.493 e. The molecule has 4 heteroatoms. The second-order valence-electron chi connectivity index (χ2n) is 5.94. The Labute approximate surface area is 119 Å². The van der Waals surface area contributed by atoms with E-state index in [-0.39, 0.29) is 0 Å². The Kier molecular flexibility index (Phi) is 3.28. The predicted octanol–water partition coefficient (Wildman–Crippen LogP) is 1.40. The molecule has 108 valence electrons. The standard InChI is InChI=1S/C16H22N2O2/c1-2-12(9-17-5-1)18-10-14-13-4-7-19-15(13)8-11-3-6-20-16(11)14/h8,12,17-18H,1-7,9-10H2/t12-/m0/s1. The van der Waals surface area contributed by atoms with Gasteiger partial charge in [-0.3, -0.25) is 0 Å². The maximum absolute atomic E-state index is 5.88. The third kappa shape index (κ3) is 2.17. The fourth-order valence-electron chi connectivity index (χ4n) is 3.54. The summed E-state index contributed by atoms with van der Waals surface area (Å²) in [5.74, 6) is 2.22. The summed E-state index contributed by atoms with van der Waals surface area (Å²) in [4.78, 5) is 0. The molecule has 1 saturated heterocycles. The molecule has 0 aromatic heterocycles.